The predicted molar refractivity (Wildman–Crippen MR) is 64.8 cm³/mol. The second kappa shape index (κ2) is 5.88. The number of hydrogen-bond acceptors (Lipinski definition) is 3. The summed E-state index contributed by atoms with van der Waals surface area (Å²) >= 11 is 0. The SMILES string of the molecule is O=C1CCN(CC(=O)c2cc(F)ccc2F)CCN1. The summed E-state index contributed by atoms with van der Waals surface area (Å²) in [4.78, 5) is 24.8. The molecule has 2 rings (SSSR count). The number of benzene rings is 1. The number of amides is 1. The quantitative estimate of drug-likeness (QED) is 0.831. The van der Waals surface area contributed by atoms with Crippen LogP contribution in [-0.2, 0) is 4.79 Å². The van der Waals surface area contributed by atoms with Gasteiger partial charge in [0.25, 0.3) is 0 Å². The molecule has 0 saturated carbocycles. The summed E-state index contributed by atoms with van der Waals surface area (Å²) in [5, 5.41) is 2.68. The summed E-state index contributed by atoms with van der Waals surface area (Å²) in [6.45, 7) is 1.40. The van der Waals surface area contributed by atoms with Crippen molar-refractivity contribution in [3.05, 3.63) is 35.4 Å². The minimum Gasteiger partial charge on any atom is -0.355 e. The molecule has 4 nitrogen and oxygen atoms in total. The van der Waals surface area contributed by atoms with Gasteiger partial charge in [-0.1, -0.05) is 0 Å². The Morgan fingerprint density at radius 2 is 2.11 bits per heavy atom. The third-order valence-electron chi connectivity index (χ3n) is 3.00. The molecule has 0 bridgehead atoms. The molecule has 0 spiro atoms. The summed E-state index contributed by atoms with van der Waals surface area (Å²) in [5.41, 5.74) is -0.247. The number of carbonyl (C=O) groups excluding carboxylic acids is 2. The highest BCUT2D eigenvalue weighted by molar-refractivity contribution is 5.97. The van der Waals surface area contributed by atoms with Crippen LogP contribution in [0.15, 0.2) is 18.2 Å². The van der Waals surface area contributed by atoms with Crippen molar-refractivity contribution < 1.29 is 18.4 Å². The average molecular weight is 268 g/mol. The van der Waals surface area contributed by atoms with Crippen LogP contribution in [0.2, 0.25) is 0 Å². The standard InChI is InChI=1S/C13H14F2N2O2/c14-9-1-2-11(15)10(7-9)12(18)8-17-5-3-13(19)16-4-6-17/h1-2,7H,3-6,8H2,(H,16,19). The van der Waals surface area contributed by atoms with Crippen molar-refractivity contribution >= 4 is 11.7 Å². The first-order chi connectivity index (χ1) is 9.06. The van der Waals surface area contributed by atoms with Gasteiger partial charge in [0.2, 0.25) is 5.91 Å². The van der Waals surface area contributed by atoms with Gasteiger partial charge in [0.05, 0.1) is 12.1 Å². The molecule has 1 N–H and O–H groups in total. The molecular weight excluding hydrogens is 254 g/mol. The molecule has 19 heavy (non-hydrogen) atoms. The third kappa shape index (κ3) is 3.57. The Hall–Kier alpha value is -1.82. The first-order valence-electron chi connectivity index (χ1n) is 6.03. The van der Waals surface area contributed by atoms with Gasteiger partial charge in [0.1, 0.15) is 11.6 Å². The Kier molecular flexibility index (Phi) is 4.21. The van der Waals surface area contributed by atoms with Crippen LogP contribution in [0.1, 0.15) is 16.8 Å². The number of nitrogens with zero attached hydrogens (tertiary/aromatic N) is 1. The van der Waals surface area contributed by atoms with Crippen molar-refractivity contribution in [3.8, 4) is 0 Å². The smallest absolute Gasteiger partial charge is 0.221 e. The second-order valence-electron chi connectivity index (χ2n) is 4.42. The average Bonchev–Trinajstić information content (AvgIpc) is 2.57. The van der Waals surface area contributed by atoms with E-state index in [0.29, 0.717) is 26.1 Å². The lowest BCUT2D eigenvalue weighted by atomic mass is 10.1. The van der Waals surface area contributed by atoms with Crippen molar-refractivity contribution in [2.24, 2.45) is 0 Å². The van der Waals surface area contributed by atoms with E-state index in [-0.39, 0.29) is 18.0 Å². The van der Waals surface area contributed by atoms with E-state index >= 15 is 0 Å². The summed E-state index contributed by atoms with van der Waals surface area (Å²) in [7, 11) is 0. The van der Waals surface area contributed by atoms with Crippen molar-refractivity contribution in [1.29, 1.82) is 0 Å². The topological polar surface area (TPSA) is 49.4 Å². The van der Waals surface area contributed by atoms with Crippen LogP contribution in [0, 0.1) is 11.6 Å². The van der Waals surface area contributed by atoms with E-state index < -0.39 is 17.4 Å². The molecule has 1 aromatic carbocycles. The van der Waals surface area contributed by atoms with Crippen LogP contribution in [-0.4, -0.2) is 42.8 Å². The van der Waals surface area contributed by atoms with Crippen LogP contribution in [0.4, 0.5) is 8.78 Å². The lowest BCUT2D eigenvalue weighted by Crippen LogP contribution is -2.33. The molecule has 0 unspecified atom stereocenters. The summed E-state index contributed by atoms with van der Waals surface area (Å²) < 4.78 is 26.5. The van der Waals surface area contributed by atoms with E-state index in [9.17, 15) is 18.4 Å². The number of hydrogen-bond donors (Lipinski definition) is 1. The van der Waals surface area contributed by atoms with Gasteiger partial charge in [0.15, 0.2) is 5.78 Å². The molecule has 1 aromatic rings. The molecule has 1 amide bonds. The van der Waals surface area contributed by atoms with Crippen LogP contribution in [0.3, 0.4) is 0 Å². The molecule has 0 radical (unpaired) electrons. The van der Waals surface area contributed by atoms with Gasteiger partial charge >= 0.3 is 0 Å². The number of nitrogens with one attached hydrogen (secondary N) is 1. The first-order valence-corrected chi connectivity index (χ1v) is 6.03. The number of Topliss-reactive ketones (excluding diaryl/α,β-unsaturated/α-hetero) is 1. The minimum atomic E-state index is -0.726. The van der Waals surface area contributed by atoms with E-state index in [2.05, 4.69) is 5.32 Å². The lowest BCUT2D eigenvalue weighted by Gasteiger charge is -2.17. The molecule has 1 fully saturated rings. The van der Waals surface area contributed by atoms with Gasteiger partial charge < -0.3 is 5.32 Å². The van der Waals surface area contributed by atoms with E-state index in [0.717, 1.165) is 18.2 Å². The fourth-order valence-corrected chi connectivity index (χ4v) is 1.97. The zero-order chi connectivity index (χ0) is 13.8. The van der Waals surface area contributed by atoms with Crippen LogP contribution in [0.25, 0.3) is 0 Å². The normalized spacial score (nSPS) is 16.8. The third-order valence-corrected chi connectivity index (χ3v) is 3.00. The van der Waals surface area contributed by atoms with E-state index in [1.165, 1.54) is 0 Å². The van der Waals surface area contributed by atoms with E-state index in [1.54, 1.807) is 4.90 Å². The highest BCUT2D eigenvalue weighted by atomic mass is 19.1. The molecule has 6 heteroatoms. The summed E-state index contributed by atoms with van der Waals surface area (Å²) in [6, 6.07) is 2.82. The second-order valence-corrected chi connectivity index (χ2v) is 4.42. The van der Waals surface area contributed by atoms with Crippen LogP contribution in [0.5, 0.6) is 0 Å². The van der Waals surface area contributed by atoms with E-state index in [4.69, 9.17) is 0 Å². The highest BCUT2D eigenvalue weighted by Crippen LogP contribution is 2.11. The Balaban J connectivity index is 2.04. The fourth-order valence-electron chi connectivity index (χ4n) is 1.97. The zero-order valence-electron chi connectivity index (χ0n) is 10.3. The Morgan fingerprint density at radius 3 is 2.89 bits per heavy atom. The number of carbonyl (C=O) groups is 2. The maximum Gasteiger partial charge on any atom is 0.221 e. The molecule has 1 heterocycles. The molecule has 102 valence electrons. The molecule has 0 atom stereocenters. The van der Waals surface area contributed by atoms with Crippen molar-refractivity contribution in [1.82, 2.24) is 10.2 Å². The molecule has 0 aromatic heterocycles. The predicted octanol–water partition coefficient (Wildman–Crippen LogP) is 0.969. The summed E-state index contributed by atoms with van der Waals surface area (Å²) in [6.07, 6.45) is 0.304. The molecule has 1 aliphatic rings. The van der Waals surface area contributed by atoms with Gasteiger partial charge in [-0.05, 0) is 18.2 Å². The highest BCUT2D eigenvalue weighted by Gasteiger charge is 2.19. The van der Waals surface area contributed by atoms with Crippen LogP contribution < -0.4 is 5.32 Å². The van der Waals surface area contributed by atoms with Gasteiger partial charge in [-0.15, -0.1) is 0 Å². The largest absolute Gasteiger partial charge is 0.355 e. The van der Waals surface area contributed by atoms with Crippen molar-refractivity contribution in [3.63, 3.8) is 0 Å². The fraction of sp³-hybridized carbons (Fsp3) is 0.385. The molecule has 0 aliphatic carbocycles. The Bertz CT molecular complexity index is 505. The van der Waals surface area contributed by atoms with Crippen molar-refractivity contribution in [2.75, 3.05) is 26.2 Å². The Morgan fingerprint density at radius 1 is 1.32 bits per heavy atom. The van der Waals surface area contributed by atoms with Gasteiger partial charge in [-0.25, -0.2) is 8.78 Å². The summed E-state index contributed by atoms with van der Waals surface area (Å²) in [5.74, 6) is -1.91. The van der Waals surface area contributed by atoms with E-state index in [1.807, 2.05) is 0 Å². The molecular formula is C13H14F2N2O2. The van der Waals surface area contributed by atoms with Gasteiger partial charge in [0, 0.05) is 26.1 Å². The van der Waals surface area contributed by atoms with Crippen LogP contribution >= 0.6 is 0 Å². The molecule has 1 aliphatic heterocycles. The Labute approximate surface area is 109 Å². The minimum absolute atomic E-state index is 0.0185. The molecule has 1 saturated heterocycles. The zero-order valence-corrected chi connectivity index (χ0v) is 10.3. The number of halogens is 2. The first kappa shape index (κ1) is 13.6. The number of rotatable bonds is 3. The maximum absolute atomic E-state index is 13.4. The monoisotopic (exact) mass is 268 g/mol. The number of ketones is 1. The lowest BCUT2D eigenvalue weighted by molar-refractivity contribution is -0.120. The van der Waals surface area contributed by atoms with Gasteiger partial charge in [-0.2, -0.15) is 0 Å². The van der Waals surface area contributed by atoms with Gasteiger partial charge in [-0.3, -0.25) is 14.5 Å². The van der Waals surface area contributed by atoms with Crippen molar-refractivity contribution in [2.45, 2.75) is 6.42 Å². The maximum atomic E-state index is 13.4.